The van der Waals surface area contributed by atoms with Crippen LogP contribution in [0.1, 0.15) is 130 Å². The number of ketones is 1. The van der Waals surface area contributed by atoms with Crippen molar-refractivity contribution in [3.8, 4) is 35.4 Å². The minimum atomic E-state index is -1.03. The molecule has 9 heteroatoms. The first kappa shape index (κ1) is 35.9. The van der Waals surface area contributed by atoms with E-state index >= 15 is 0 Å². The molecule has 7 aliphatic rings. The van der Waals surface area contributed by atoms with E-state index in [1.807, 2.05) is 42.7 Å². The first-order valence-electron chi connectivity index (χ1n) is 20.3. The molecule has 2 aromatic carbocycles. The molecule has 0 aromatic heterocycles. The summed E-state index contributed by atoms with van der Waals surface area (Å²) in [5, 5.41) is 25.9. The topological polar surface area (TPSA) is 130 Å². The molecule has 5 heterocycles. The van der Waals surface area contributed by atoms with Crippen molar-refractivity contribution < 1.29 is 24.5 Å². The predicted molar refractivity (Wildman–Crippen MR) is 211 cm³/mol. The fourth-order valence-electron chi connectivity index (χ4n) is 9.90. The summed E-state index contributed by atoms with van der Waals surface area (Å²) in [6.45, 7) is 2.69. The van der Waals surface area contributed by atoms with Gasteiger partial charge >= 0.3 is 0 Å². The van der Waals surface area contributed by atoms with E-state index in [0.717, 1.165) is 102 Å². The molecule has 2 aromatic rings. The van der Waals surface area contributed by atoms with Crippen molar-refractivity contribution in [2.75, 3.05) is 6.54 Å². The molecule has 5 N–H and O–H groups in total. The van der Waals surface area contributed by atoms with Gasteiger partial charge in [0.05, 0.1) is 29.7 Å². The SMILES string of the molecule is CCCCC[C@@H](O)CC(=O)CCc1ccc2c(c1)O[C@H]1[C@@H](C#C[C@H](O)c3ccc4c5c3[C@H](CCC5=CN[C@@H]4N)C3=CN=C4CN1C=C34)C1(C#CO2)CCCC1. The zero-order valence-corrected chi connectivity index (χ0v) is 31.6. The molecule has 9 nitrogen and oxygen atoms in total. The highest BCUT2D eigenvalue weighted by molar-refractivity contribution is 6.10. The number of fused-ring (bicyclic) bond motifs is 6. The Morgan fingerprint density at radius 1 is 1.15 bits per heavy atom. The molecule has 0 unspecified atom stereocenters. The number of benzene rings is 2. The second-order valence-electron chi connectivity index (χ2n) is 16.4. The van der Waals surface area contributed by atoms with Crippen LogP contribution in [0.15, 0.2) is 65.1 Å². The van der Waals surface area contributed by atoms with E-state index < -0.39 is 29.8 Å². The van der Waals surface area contributed by atoms with Gasteiger partial charge in [0.1, 0.15) is 24.2 Å². The third kappa shape index (κ3) is 6.57. The fraction of sp³-hybridized carbons (Fsp3) is 0.478. The Bertz CT molecular complexity index is 2150. The molecule has 1 spiro atoms. The molecule has 0 amide bonds. The van der Waals surface area contributed by atoms with Crippen LogP contribution in [0.4, 0.5) is 0 Å². The first-order chi connectivity index (χ1) is 26.8. The van der Waals surface area contributed by atoms with Crippen molar-refractivity contribution >= 4 is 17.1 Å². The lowest BCUT2D eigenvalue weighted by atomic mass is 9.70. The van der Waals surface area contributed by atoms with E-state index in [0.29, 0.717) is 37.3 Å². The van der Waals surface area contributed by atoms with E-state index in [9.17, 15) is 15.0 Å². The van der Waals surface area contributed by atoms with Crippen LogP contribution < -0.4 is 20.5 Å². The number of hydrogen-bond donors (Lipinski definition) is 4. The Balaban J connectivity index is 1.10. The number of nitrogens with one attached hydrogen (secondary N) is 1. The van der Waals surface area contributed by atoms with Crippen molar-refractivity contribution in [3.63, 3.8) is 0 Å². The quantitative estimate of drug-likeness (QED) is 0.163. The smallest absolute Gasteiger partial charge is 0.187 e. The summed E-state index contributed by atoms with van der Waals surface area (Å²) in [5.74, 6) is 11.3. The Hall–Kier alpha value is -4.80. The Kier molecular flexibility index (Phi) is 9.58. The molecular formula is C46H50N4O5. The monoisotopic (exact) mass is 738 g/mol. The second kappa shape index (κ2) is 14.7. The zero-order valence-electron chi connectivity index (χ0n) is 31.6. The van der Waals surface area contributed by atoms with E-state index in [1.54, 1.807) is 0 Å². The van der Waals surface area contributed by atoms with E-state index in [-0.39, 0.29) is 24.3 Å². The van der Waals surface area contributed by atoms with Crippen molar-refractivity contribution in [2.24, 2.45) is 22.1 Å². The standard InChI is InChI=1S/C46H50N4O5/c1-2-3-4-7-30(51)23-31(52)11-8-28-9-17-40-41(22-28)55-45-37(46(20-21-54-40)18-5-6-19-46)15-16-39(53)33-13-14-34-42-29(24-49-44(34)47)10-12-32(43(33)42)35-25-48-38-27-50(45)26-36(35)38/h9,13-14,17,22,24-26,30,32,37,39,44-45,49,51,53H,2-8,10-12,18-19,23,27,47H2,1H3/t30-,32-,37-,39+,44+,45+/m1/s1. The molecule has 284 valence electrons. The summed E-state index contributed by atoms with van der Waals surface area (Å²) >= 11 is 0. The van der Waals surface area contributed by atoms with Crippen molar-refractivity contribution in [2.45, 2.75) is 121 Å². The maximum atomic E-state index is 12.9. The Morgan fingerprint density at radius 2 is 2.00 bits per heavy atom. The number of aliphatic hydroxyl groups excluding tert-OH is 2. The highest BCUT2D eigenvalue weighted by Gasteiger charge is 2.49. The normalized spacial score (nSPS) is 26.6. The molecule has 2 aliphatic carbocycles. The van der Waals surface area contributed by atoms with Crippen molar-refractivity contribution in [1.29, 1.82) is 0 Å². The van der Waals surface area contributed by atoms with Gasteiger partial charge in [0.2, 0.25) is 0 Å². The predicted octanol–water partition coefficient (Wildman–Crippen LogP) is 6.82. The molecular weight excluding hydrogens is 689 g/mol. The molecule has 5 aliphatic heterocycles. The van der Waals surface area contributed by atoms with Crippen LogP contribution in [0.5, 0.6) is 11.5 Å². The van der Waals surface area contributed by atoms with Crippen molar-refractivity contribution in [3.05, 3.63) is 87.9 Å². The average Bonchev–Trinajstić information content (AvgIpc) is 3.93. The van der Waals surface area contributed by atoms with Gasteiger partial charge in [-0.3, -0.25) is 9.79 Å². The number of nitrogens with two attached hydrogens (primary N) is 1. The number of allylic oxidation sites excluding steroid dienone is 2. The molecule has 0 radical (unpaired) electrons. The molecule has 2 bridgehead atoms. The minimum Gasteiger partial charge on any atom is -0.465 e. The summed E-state index contributed by atoms with van der Waals surface area (Å²) < 4.78 is 13.3. The number of aliphatic imine (C=N–C) groups is 1. The maximum Gasteiger partial charge on any atom is 0.187 e. The lowest BCUT2D eigenvalue weighted by Gasteiger charge is -2.39. The number of nitrogens with zero attached hydrogens (tertiary/aromatic N) is 2. The van der Waals surface area contributed by atoms with Crippen LogP contribution in [0.3, 0.4) is 0 Å². The van der Waals surface area contributed by atoms with Crippen LogP contribution in [-0.2, 0) is 11.2 Å². The number of hydrogen-bond acceptors (Lipinski definition) is 9. The number of carbonyl (C=O) groups is 1. The first-order valence-corrected chi connectivity index (χ1v) is 20.3. The van der Waals surface area contributed by atoms with Crippen molar-refractivity contribution in [1.82, 2.24) is 10.2 Å². The summed E-state index contributed by atoms with van der Waals surface area (Å²) in [5.41, 5.74) is 15.6. The number of unbranched alkanes of at least 4 members (excludes halogenated alkanes) is 2. The van der Waals surface area contributed by atoms with Gasteiger partial charge in [-0.2, -0.15) is 0 Å². The highest BCUT2D eigenvalue weighted by Crippen LogP contribution is 2.53. The number of aryl methyl sites for hydroxylation is 1. The van der Waals surface area contributed by atoms with Gasteiger partial charge < -0.3 is 35.6 Å². The fourth-order valence-corrected chi connectivity index (χ4v) is 9.90. The van der Waals surface area contributed by atoms with Crippen LogP contribution in [0.2, 0.25) is 0 Å². The van der Waals surface area contributed by atoms with Crippen LogP contribution in [0.25, 0.3) is 5.57 Å². The number of carbonyl (C=O) groups excluding carboxylic acids is 1. The van der Waals surface area contributed by atoms with Gasteiger partial charge in [0.25, 0.3) is 0 Å². The van der Waals surface area contributed by atoms with E-state index in [1.165, 1.54) is 5.57 Å². The summed E-state index contributed by atoms with van der Waals surface area (Å²) in [6.07, 6.45) is 17.1. The molecule has 55 heavy (non-hydrogen) atoms. The highest BCUT2D eigenvalue weighted by atomic mass is 16.5. The second-order valence-corrected chi connectivity index (χ2v) is 16.4. The summed E-state index contributed by atoms with van der Waals surface area (Å²) in [4.78, 5) is 20.1. The molecule has 1 saturated carbocycles. The van der Waals surface area contributed by atoms with E-state index in [4.69, 9.17) is 20.2 Å². The lowest BCUT2D eigenvalue weighted by molar-refractivity contribution is -0.121. The van der Waals surface area contributed by atoms with Crippen LogP contribution in [-0.4, -0.2) is 45.5 Å². The van der Waals surface area contributed by atoms with Gasteiger partial charge in [-0.05, 0) is 89.6 Å². The van der Waals surface area contributed by atoms with Gasteiger partial charge in [-0.15, -0.1) is 0 Å². The van der Waals surface area contributed by atoms with Gasteiger partial charge in [-0.1, -0.05) is 75.0 Å². The average molecular weight is 739 g/mol. The number of aliphatic hydroxyl groups is 2. The number of rotatable bonds is 9. The van der Waals surface area contributed by atoms with Crippen LogP contribution in [0, 0.1) is 35.2 Å². The van der Waals surface area contributed by atoms with Gasteiger partial charge in [0.15, 0.2) is 17.7 Å². The molecule has 9 rings (SSSR count). The zero-order chi connectivity index (χ0) is 37.7. The Morgan fingerprint density at radius 3 is 2.85 bits per heavy atom. The van der Waals surface area contributed by atoms with E-state index in [2.05, 4.69) is 47.2 Å². The molecule has 0 saturated heterocycles. The summed E-state index contributed by atoms with van der Waals surface area (Å²) in [6, 6.07) is 9.86. The van der Waals surface area contributed by atoms with Gasteiger partial charge in [0, 0.05) is 42.9 Å². The lowest BCUT2D eigenvalue weighted by Crippen LogP contribution is -2.47. The minimum absolute atomic E-state index is 0.0249. The largest absolute Gasteiger partial charge is 0.465 e. The third-order valence-corrected chi connectivity index (χ3v) is 12.8. The number of Topliss-reactive ketones (excluding diaryl/α,β-unsaturated/α-hetero) is 1. The number of ether oxygens (including phenoxy) is 2. The third-order valence-electron chi connectivity index (χ3n) is 12.8. The van der Waals surface area contributed by atoms with Gasteiger partial charge in [-0.25, -0.2) is 0 Å². The molecule has 6 atom stereocenters. The van der Waals surface area contributed by atoms with Crippen LogP contribution >= 0.6 is 0 Å². The Labute approximate surface area is 323 Å². The molecule has 1 fully saturated rings. The maximum absolute atomic E-state index is 12.9. The summed E-state index contributed by atoms with van der Waals surface area (Å²) in [7, 11) is 0.